The second-order valence-corrected chi connectivity index (χ2v) is 9.06. The number of nitrogens with two attached hydrogens (primary N) is 2. The normalized spacial score (nSPS) is 17.3. The standard InChI is InChI=1S/C26H28N8O3/c1-32(26(36)33-16-29-15-30-33)18-6-5-7-19(14-18)34-24(27)22(25(28)35)23(31-34)17-10-12-21(13-11-17)37-20-8-3-2-4-9-20/h2-4,8-13,15-16,18-19H,5-7,14,27H2,1H3,(H2,28,35)/t18-,19-/m1/s1. The van der Waals surface area contributed by atoms with Crippen LogP contribution in [0.1, 0.15) is 42.1 Å². The van der Waals surface area contributed by atoms with Gasteiger partial charge in [0.15, 0.2) is 0 Å². The third-order valence-electron chi connectivity index (χ3n) is 6.73. The summed E-state index contributed by atoms with van der Waals surface area (Å²) in [5.74, 6) is 0.955. The number of hydrogen-bond acceptors (Lipinski definition) is 7. The minimum atomic E-state index is -0.644. The van der Waals surface area contributed by atoms with Crippen molar-refractivity contribution in [3.8, 4) is 22.8 Å². The van der Waals surface area contributed by atoms with Crippen molar-refractivity contribution in [1.29, 1.82) is 0 Å². The second-order valence-electron chi connectivity index (χ2n) is 9.06. The Balaban J connectivity index is 1.39. The summed E-state index contributed by atoms with van der Waals surface area (Å²) in [6.07, 6.45) is 5.86. The number of amides is 2. The van der Waals surface area contributed by atoms with Crippen LogP contribution in [0.25, 0.3) is 11.3 Å². The summed E-state index contributed by atoms with van der Waals surface area (Å²) in [4.78, 5) is 30.7. The first-order valence-corrected chi connectivity index (χ1v) is 12.0. The lowest BCUT2D eigenvalue weighted by Gasteiger charge is -2.35. The molecule has 190 valence electrons. The summed E-state index contributed by atoms with van der Waals surface area (Å²) < 4.78 is 8.76. The summed E-state index contributed by atoms with van der Waals surface area (Å²) in [5.41, 5.74) is 13.5. The molecule has 0 radical (unpaired) electrons. The molecule has 1 saturated carbocycles. The molecule has 4 aromatic rings. The monoisotopic (exact) mass is 500 g/mol. The third-order valence-corrected chi connectivity index (χ3v) is 6.73. The molecule has 1 aliphatic rings. The van der Waals surface area contributed by atoms with Gasteiger partial charge >= 0.3 is 6.03 Å². The molecule has 37 heavy (non-hydrogen) atoms. The number of anilines is 1. The van der Waals surface area contributed by atoms with Crippen molar-refractivity contribution >= 4 is 17.8 Å². The van der Waals surface area contributed by atoms with Gasteiger partial charge in [-0.25, -0.2) is 14.5 Å². The van der Waals surface area contributed by atoms with Gasteiger partial charge in [0, 0.05) is 18.7 Å². The molecule has 2 amide bonds. The van der Waals surface area contributed by atoms with E-state index in [4.69, 9.17) is 21.3 Å². The van der Waals surface area contributed by atoms with E-state index in [1.165, 1.54) is 17.3 Å². The average Bonchev–Trinajstić information content (AvgIpc) is 3.57. The Labute approximate surface area is 213 Å². The fraction of sp³-hybridized carbons (Fsp3) is 0.269. The molecule has 0 unspecified atom stereocenters. The average molecular weight is 501 g/mol. The van der Waals surface area contributed by atoms with E-state index in [1.54, 1.807) is 16.6 Å². The van der Waals surface area contributed by atoms with Gasteiger partial charge < -0.3 is 21.1 Å². The zero-order valence-electron chi connectivity index (χ0n) is 20.4. The van der Waals surface area contributed by atoms with Crippen LogP contribution in [0.15, 0.2) is 67.3 Å². The van der Waals surface area contributed by atoms with E-state index in [0.717, 1.165) is 25.0 Å². The number of carbonyl (C=O) groups is 2. The quantitative estimate of drug-likeness (QED) is 0.410. The first-order chi connectivity index (χ1) is 17.9. The first kappa shape index (κ1) is 24.0. The first-order valence-electron chi connectivity index (χ1n) is 12.0. The number of hydrogen-bond donors (Lipinski definition) is 2. The Bertz CT molecular complexity index is 1380. The molecule has 4 N–H and O–H groups in total. The minimum absolute atomic E-state index is 0.0473. The van der Waals surface area contributed by atoms with Crippen molar-refractivity contribution in [2.75, 3.05) is 12.8 Å². The van der Waals surface area contributed by atoms with Gasteiger partial charge in [-0.2, -0.15) is 14.9 Å². The second kappa shape index (κ2) is 10.1. The fourth-order valence-corrected chi connectivity index (χ4v) is 4.81. The summed E-state index contributed by atoms with van der Waals surface area (Å²) >= 11 is 0. The van der Waals surface area contributed by atoms with Gasteiger partial charge in [-0.05, 0) is 62.1 Å². The third kappa shape index (κ3) is 4.88. The van der Waals surface area contributed by atoms with Gasteiger partial charge in [-0.1, -0.05) is 18.2 Å². The number of ether oxygens (including phenoxy) is 1. The van der Waals surface area contributed by atoms with E-state index >= 15 is 0 Å². The van der Waals surface area contributed by atoms with Crippen molar-refractivity contribution in [1.82, 2.24) is 29.4 Å². The molecule has 1 aliphatic carbocycles. The van der Waals surface area contributed by atoms with Crippen molar-refractivity contribution in [3.05, 3.63) is 72.8 Å². The van der Waals surface area contributed by atoms with Crippen LogP contribution in [-0.2, 0) is 0 Å². The van der Waals surface area contributed by atoms with Crippen LogP contribution in [0.5, 0.6) is 11.5 Å². The SMILES string of the molecule is CN(C(=O)n1cncn1)[C@@H]1CCC[C@@H](n2nc(-c3ccc(Oc4ccccc4)cc3)c(C(N)=O)c2N)C1. The predicted molar refractivity (Wildman–Crippen MR) is 137 cm³/mol. The van der Waals surface area contributed by atoms with Crippen LogP contribution in [0.4, 0.5) is 10.6 Å². The van der Waals surface area contributed by atoms with E-state index < -0.39 is 5.91 Å². The number of aromatic nitrogens is 5. The minimum Gasteiger partial charge on any atom is -0.457 e. The van der Waals surface area contributed by atoms with E-state index in [1.807, 2.05) is 54.6 Å². The Morgan fingerprint density at radius 3 is 2.46 bits per heavy atom. The van der Waals surface area contributed by atoms with Crippen molar-refractivity contribution in [3.63, 3.8) is 0 Å². The largest absolute Gasteiger partial charge is 0.457 e. The van der Waals surface area contributed by atoms with Crippen LogP contribution in [-0.4, -0.2) is 54.5 Å². The number of para-hydroxylation sites is 1. The van der Waals surface area contributed by atoms with E-state index in [2.05, 4.69) is 10.1 Å². The van der Waals surface area contributed by atoms with Gasteiger partial charge in [0.25, 0.3) is 5.91 Å². The van der Waals surface area contributed by atoms with Gasteiger partial charge in [-0.15, -0.1) is 0 Å². The van der Waals surface area contributed by atoms with Crippen LogP contribution in [0, 0.1) is 0 Å². The topological polar surface area (TPSA) is 147 Å². The van der Waals surface area contributed by atoms with Crippen LogP contribution in [0.2, 0.25) is 0 Å². The highest BCUT2D eigenvalue weighted by Gasteiger charge is 2.32. The number of carbonyl (C=O) groups excluding carboxylic acids is 2. The number of benzene rings is 2. The molecule has 5 rings (SSSR count). The number of nitrogens with zero attached hydrogens (tertiary/aromatic N) is 6. The smallest absolute Gasteiger partial charge is 0.346 e. The number of primary amides is 1. The van der Waals surface area contributed by atoms with E-state index in [9.17, 15) is 9.59 Å². The zero-order chi connectivity index (χ0) is 25.9. The molecule has 2 heterocycles. The molecule has 2 atom stereocenters. The molecule has 2 aromatic heterocycles. The van der Waals surface area contributed by atoms with Gasteiger partial charge in [0.05, 0.1) is 6.04 Å². The van der Waals surface area contributed by atoms with Crippen molar-refractivity contribution in [2.45, 2.75) is 37.8 Å². The van der Waals surface area contributed by atoms with Gasteiger partial charge in [0.2, 0.25) is 0 Å². The summed E-state index contributed by atoms with van der Waals surface area (Å²) in [6.45, 7) is 0. The number of rotatable bonds is 6. The molecule has 1 fully saturated rings. The Kier molecular flexibility index (Phi) is 6.59. The molecule has 0 bridgehead atoms. The molecular formula is C26H28N8O3. The summed E-state index contributed by atoms with van der Waals surface area (Å²) in [5, 5.41) is 8.68. The highest BCUT2D eigenvalue weighted by Crippen LogP contribution is 2.36. The lowest BCUT2D eigenvalue weighted by Crippen LogP contribution is -2.43. The lowest BCUT2D eigenvalue weighted by atomic mass is 9.90. The molecule has 2 aromatic carbocycles. The fourth-order valence-electron chi connectivity index (χ4n) is 4.81. The molecule has 0 saturated heterocycles. The highest BCUT2D eigenvalue weighted by molar-refractivity contribution is 6.03. The summed E-state index contributed by atoms with van der Waals surface area (Å²) in [7, 11) is 1.75. The van der Waals surface area contributed by atoms with Gasteiger partial charge in [-0.3, -0.25) is 4.79 Å². The Morgan fingerprint density at radius 1 is 1.05 bits per heavy atom. The molecular weight excluding hydrogens is 472 g/mol. The van der Waals surface area contributed by atoms with Crippen LogP contribution >= 0.6 is 0 Å². The maximum Gasteiger partial charge on any atom is 0.346 e. The van der Waals surface area contributed by atoms with Crippen LogP contribution in [0.3, 0.4) is 0 Å². The predicted octanol–water partition coefficient (Wildman–Crippen LogP) is 3.70. The zero-order valence-corrected chi connectivity index (χ0v) is 20.4. The maximum atomic E-state index is 12.8. The van der Waals surface area contributed by atoms with Crippen LogP contribution < -0.4 is 16.2 Å². The molecule has 11 nitrogen and oxygen atoms in total. The van der Waals surface area contributed by atoms with E-state index in [-0.39, 0.29) is 29.5 Å². The Hall–Kier alpha value is -4.67. The van der Waals surface area contributed by atoms with Gasteiger partial charge in [0.1, 0.15) is 41.2 Å². The van der Waals surface area contributed by atoms with Crippen molar-refractivity contribution in [2.24, 2.45) is 5.73 Å². The lowest BCUT2D eigenvalue weighted by molar-refractivity contribution is 0.100. The molecule has 0 spiro atoms. The summed E-state index contributed by atoms with van der Waals surface area (Å²) in [6, 6.07) is 16.3. The number of nitrogen functional groups attached to an aromatic ring is 1. The maximum absolute atomic E-state index is 12.8. The Morgan fingerprint density at radius 2 is 1.78 bits per heavy atom. The highest BCUT2D eigenvalue weighted by atomic mass is 16.5. The molecule has 0 aliphatic heterocycles. The molecule has 11 heteroatoms. The van der Waals surface area contributed by atoms with E-state index in [0.29, 0.717) is 23.4 Å². The van der Waals surface area contributed by atoms with Crippen molar-refractivity contribution < 1.29 is 14.3 Å².